The largest absolute Gasteiger partial charge is 0.482 e. The average molecular weight is 439 g/mol. The molecular weight excluding hydrogens is 408 g/mol. The van der Waals surface area contributed by atoms with Crippen molar-refractivity contribution in [1.29, 1.82) is 0 Å². The Morgan fingerprint density at radius 2 is 1.81 bits per heavy atom. The summed E-state index contributed by atoms with van der Waals surface area (Å²) in [5.41, 5.74) is 3.12. The van der Waals surface area contributed by atoms with Gasteiger partial charge in [-0.1, -0.05) is 55.9 Å². The third-order valence-corrected chi connectivity index (χ3v) is 5.98. The lowest BCUT2D eigenvalue weighted by Gasteiger charge is -2.17. The van der Waals surface area contributed by atoms with Gasteiger partial charge >= 0.3 is 0 Å². The van der Waals surface area contributed by atoms with E-state index in [1.165, 1.54) is 17.3 Å². The lowest BCUT2D eigenvalue weighted by atomic mass is 10.0. The number of para-hydroxylation sites is 1. The molecule has 1 atom stereocenters. The molecule has 3 rings (SSSR count). The molecule has 3 aromatic rings. The Bertz CT molecular complexity index is 1010. The smallest absolute Gasteiger partial charge is 0.234 e. The summed E-state index contributed by atoms with van der Waals surface area (Å²) in [4.78, 5) is 12.4. The van der Waals surface area contributed by atoms with Crippen LogP contribution in [-0.4, -0.2) is 26.4 Å². The fraction of sp³-hybridized carbons (Fsp3) is 0.375. The van der Waals surface area contributed by atoms with E-state index in [1.807, 2.05) is 73.9 Å². The molecule has 0 aliphatic carbocycles. The van der Waals surface area contributed by atoms with Crippen LogP contribution in [0.2, 0.25) is 0 Å². The molecule has 0 fully saturated rings. The highest BCUT2D eigenvalue weighted by molar-refractivity contribution is 7.99. The van der Waals surface area contributed by atoms with Gasteiger partial charge in [-0.15, -0.1) is 10.2 Å². The van der Waals surface area contributed by atoms with Crippen LogP contribution in [0.25, 0.3) is 0 Å². The summed E-state index contributed by atoms with van der Waals surface area (Å²) < 4.78 is 8.10. The molecule has 1 unspecified atom stereocenters. The highest BCUT2D eigenvalue weighted by atomic mass is 32.2. The second-order valence-electron chi connectivity index (χ2n) is 7.72. The van der Waals surface area contributed by atoms with E-state index in [9.17, 15) is 4.79 Å². The SMILES string of the molecule is CCn1c(SCC(=O)Nc2ccc(C(C)C)cc2)nnc1C(C)Oc1ccccc1C. The molecule has 7 heteroatoms. The topological polar surface area (TPSA) is 69.0 Å². The second-order valence-corrected chi connectivity index (χ2v) is 8.67. The fourth-order valence-electron chi connectivity index (χ4n) is 3.22. The molecule has 0 aliphatic heterocycles. The summed E-state index contributed by atoms with van der Waals surface area (Å²) in [6.07, 6.45) is -0.254. The van der Waals surface area contributed by atoms with Crippen molar-refractivity contribution in [3.8, 4) is 5.75 Å². The first-order valence-electron chi connectivity index (χ1n) is 10.6. The number of nitrogens with one attached hydrogen (secondary N) is 1. The maximum absolute atomic E-state index is 12.4. The highest BCUT2D eigenvalue weighted by Gasteiger charge is 2.20. The van der Waals surface area contributed by atoms with Gasteiger partial charge in [0.05, 0.1) is 5.75 Å². The molecule has 1 N–H and O–H groups in total. The molecular formula is C24H30N4O2S. The number of aromatic nitrogens is 3. The molecule has 0 bridgehead atoms. The molecule has 6 nitrogen and oxygen atoms in total. The first kappa shape index (κ1) is 22.9. The van der Waals surface area contributed by atoms with Crippen LogP contribution in [0.3, 0.4) is 0 Å². The number of thioether (sulfide) groups is 1. The number of anilines is 1. The van der Waals surface area contributed by atoms with Crippen LogP contribution in [0, 0.1) is 6.92 Å². The molecule has 1 amide bonds. The second kappa shape index (κ2) is 10.5. The monoisotopic (exact) mass is 438 g/mol. The summed E-state index contributed by atoms with van der Waals surface area (Å²) >= 11 is 1.38. The number of rotatable bonds is 9. The van der Waals surface area contributed by atoms with E-state index >= 15 is 0 Å². The van der Waals surface area contributed by atoms with Gasteiger partial charge in [-0.3, -0.25) is 4.79 Å². The van der Waals surface area contributed by atoms with Gasteiger partial charge in [-0.25, -0.2) is 0 Å². The third kappa shape index (κ3) is 5.88. The molecule has 0 saturated heterocycles. The van der Waals surface area contributed by atoms with E-state index in [1.54, 1.807) is 0 Å². The van der Waals surface area contributed by atoms with Crippen LogP contribution >= 0.6 is 11.8 Å². The minimum absolute atomic E-state index is 0.0706. The van der Waals surface area contributed by atoms with Crippen LogP contribution in [0.5, 0.6) is 5.75 Å². The Hall–Kier alpha value is -2.80. The zero-order valence-electron chi connectivity index (χ0n) is 18.8. The summed E-state index contributed by atoms with van der Waals surface area (Å²) in [6.45, 7) is 11.0. The van der Waals surface area contributed by atoms with Crippen molar-refractivity contribution < 1.29 is 9.53 Å². The number of carbonyl (C=O) groups excluding carboxylic acids is 1. The van der Waals surface area contributed by atoms with Crippen LogP contribution in [0.15, 0.2) is 53.7 Å². The van der Waals surface area contributed by atoms with Crippen LogP contribution in [-0.2, 0) is 11.3 Å². The summed E-state index contributed by atoms with van der Waals surface area (Å²) in [6, 6.07) is 15.9. The molecule has 0 spiro atoms. The number of amides is 1. The third-order valence-electron chi connectivity index (χ3n) is 5.02. The maximum Gasteiger partial charge on any atom is 0.234 e. The number of ether oxygens (including phenoxy) is 1. The van der Waals surface area contributed by atoms with Gasteiger partial charge in [0.2, 0.25) is 5.91 Å². The molecule has 0 radical (unpaired) electrons. The van der Waals surface area contributed by atoms with Crippen LogP contribution in [0.1, 0.15) is 56.7 Å². The quantitative estimate of drug-likeness (QED) is 0.440. The van der Waals surface area contributed by atoms with Gasteiger partial charge in [0.15, 0.2) is 17.1 Å². The van der Waals surface area contributed by atoms with E-state index < -0.39 is 0 Å². The standard InChI is InChI=1S/C24H30N4O2S/c1-6-28-23(18(5)30-21-10-8-7-9-17(21)4)26-27-24(28)31-15-22(29)25-20-13-11-19(12-14-20)16(2)3/h7-14,16,18H,6,15H2,1-5H3,(H,25,29). The van der Waals surface area contributed by atoms with Crippen molar-refractivity contribution >= 4 is 23.4 Å². The Morgan fingerprint density at radius 1 is 1.10 bits per heavy atom. The minimum atomic E-state index is -0.254. The average Bonchev–Trinajstić information content (AvgIpc) is 3.17. The molecule has 0 saturated carbocycles. The molecule has 2 aromatic carbocycles. The molecule has 1 aromatic heterocycles. The van der Waals surface area contributed by atoms with E-state index in [2.05, 4.69) is 29.4 Å². The van der Waals surface area contributed by atoms with Gasteiger partial charge in [0, 0.05) is 12.2 Å². The summed E-state index contributed by atoms with van der Waals surface area (Å²) in [7, 11) is 0. The minimum Gasteiger partial charge on any atom is -0.482 e. The number of carbonyl (C=O) groups is 1. The highest BCUT2D eigenvalue weighted by Crippen LogP contribution is 2.26. The van der Waals surface area contributed by atoms with Crippen molar-refractivity contribution in [2.24, 2.45) is 0 Å². The van der Waals surface area contributed by atoms with Crippen molar-refractivity contribution in [2.75, 3.05) is 11.1 Å². The molecule has 164 valence electrons. The lowest BCUT2D eigenvalue weighted by Crippen LogP contribution is -2.15. The van der Waals surface area contributed by atoms with E-state index in [-0.39, 0.29) is 17.8 Å². The Labute approximate surface area is 188 Å². The number of aryl methyl sites for hydroxylation is 1. The molecule has 31 heavy (non-hydrogen) atoms. The Kier molecular flexibility index (Phi) is 7.74. The van der Waals surface area contributed by atoms with E-state index in [0.717, 1.165) is 22.8 Å². The number of nitrogens with zero attached hydrogens (tertiary/aromatic N) is 3. The van der Waals surface area contributed by atoms with Gasteiger partial charge in [-0.2, -0.15) is 0 Å². The Morgan fingerprint density at radius 3 is 2.45 bits per heavy atom. The number of hydrogen-bond acceptors (Lipinski definition) is 5. The van der Waals surface area contributed by atoms with Gasteiger partial charge in [-0.05, 0) is 56.0 Å². The number of hydrogen-bond donors (Lipinski definition) is 1. The first-order chi connectivity index (χ1) is 14.9. The van der Waals surface area contributed by atoms with Crippen molar-refractivity contribution in [3.05, 3.63) is 65.5 Å². The lowest BCUT2D eigenvalue weighted by molar-refractivity contribution is -0.113. The van der Waals surface area contributed by atoms with E-state index in [0.29, 0.717) is 17.6 Å². The predicted octanol–water partition coefficient (Wildman–Crippen LogP) is 5.60. The molecule has 0 aliphatic rings. The fourth-order valence-corrected chi connectivity index (χ4v) is 4.02. The van der Waals surface area contributed by atoms with E-state index in [4.69, 9.17) is 4.74 Å². The number of benzene rings is 2. The summed E-state index contributed by atoms with van der Waals surface area (Å²) in [5.74, 6) is 2.23. The van der Waals surface area contributed by atoms with Gasteiger partial charge < -0.3 is 14.6 Å². The molecule has 1 heterocycles. The normalized spacial score (nSPS) is 12.1. The van der Waals surface area contributed by atoms with Crippen molar-refractivity contribution in [3.63, 3.8) is 0 Å². The van der Waals surface area contributed by atoms with Crippen molar-refractivity contribution in [2.45, 2.75) is 58.3 Å². The Balaban J connectivity index is 1.61. The summed E-state index contributed by atoms with van der Waals surface area (Å²) in [5, 5.41) is 12.3. The first-order valence-corrected chi connectivity index (χ1v) is 11.6. The van der Waals surface area contributed by atoms with Crippen molar-refractivity contribution in [1.82, 2.24) is 14.8 Å². The van der Waals surface area contributed by atoms with Gasteiger partial charge in [0.1, 0.15) is 5.75 Å². The zero-order valence-corrected chi connectivity index (χ0v) is 19.6. The zero-order chi connectivity index (χ0) is 22.4. The van der Waals surface area contributed by atoms with Gasteiger partial charge in [0.25, 0.3) is 0 Å². The van der Waals surface area contributed by atoms with Crippen LogP contribution < -0.4 is 10.1 Å². The predicted molar refractivity (Wildman–Crippen MR) is 126 cm³/mol. The van der Waals surface area contributed by atoms with Crippen LogP contribution in [0.4, 0.5) is 5.69 Å². The maximum atomic E-state index is 12.4.